The Kier molecular flexibility index (Phi) is 4.45. The zero-order chi connectivity index (χ0) is 12.1. The van der Waals surface area contributed by atoms with Crippen LogP contribution in [0.4, 0.5) is 0 Å². The molecule has 0 aromatic heterocycles. The summed E-state index contributed by atoms with van der Waals surface area (Å²) in [5.41, 5.74) is 0.642. The van der Waals surface area contributed by atoms with Gasteiger partial charge in [-0.15, -0.1) is 12.6 Å². The Labute approximate surface area is 107 Å². The van der Waals surface area contributed by atoms with Crippen LogP contribution in [0.25, 0.3) is 0 Å². The summed E-state index contributed by atoms with van der Waals surface area (Å²) in [5, 5.41) is 2.97. The molecule has 17 heavy (non-hydrogen) atoms. The van der Waals surface area contributed by atoms with Crippen LogP contribution in [0.3, 0.4) is 0 Å². The molecule has 1 aromatic carbocycles. The van der Waals surface area contributed by atoms with Gasteiger partial charge in [0.2, 0.25) is 0 Å². The Morgan fingerprint density at radius 2 is 2.06 bits per heavy atom. The number of nitrogens with one attached hydrogen (secondary N) is 1. The number of rotatable bonds is 3. The minimum Gasteiger partial charge on any atom is -0.381 e. The minimum absolute atomic E-state index is 0.0397. The van der Waals surface area contributed by atoms with Crippen molar-refractivity contribution >= 4 is 18.5 Å². The van der Waals surface area contributed by atoms with Gasteiger partial charge in [-0.2, -0.15) is 0 Å². The van der Waals surface area contributed by atoms with E-state index in [2.05, 4.69) is 17.9 Å². The van der Waals surface area contributed by atoms with E-state index in [-0.39, 0.29) is 5.91 Å². The molecule has 0 aliphatic carbocycles. The standard InChI is InChI=1S/C13H17NO2S/c15-13(11-3-1-2-4-12(11)17)14-9-10-5-7-16-8-6-10/h1-4,10,17H,5-9H2,(H,14,15). The molecule has 1 fully saturated rings. The topological polar surface area (TPSA) is 38.3 Å². The third-order valence-electron chi connectivity index (χ3n) is 3.04. The van der Waals surface area contributed by atoms with Gasteiger partial charge >= 0.3 is 0 Å². The Balaban J connectivity index is 1.87. The van der Waals surface area contributed by atoms with Crippen LogP contribution in [0.2, 0.25) is 0 Å². The van der Waals surface area contributed by atoms with Crippen molar-refractivity contribution in [1.82, 2.24) is 5.32 Å². The third-order valence-corrected chi connectivity index (χ3v) is 3.43. The molecule has 0 saturated carbocycles. The number of amides is 1. The highest BCUT2D eigenvalue weighted by atomic mass is 32.1. The van der Waals surface area contributed by atoms with E-state index in [0.29, 0.717) is 11.5 Å². The summed E-state index contributed by atoms with van der Waals surface area (Å²) in [5.74, 6) is 0.502. The molecule has 1 N–H and O–H groups in total. The lowest BCUT2D eigenvalue weighted by atomic mass is 10.0. The maximum Gasteiger partial charge on any atom is 0.252 e. The van der Waals surface area contributed by atoms with E-state index in [4.69, 9.17) is 4.74 Å². The van der Waals surface area contributed by atoms with Gasteiger partial charge in [0.25, 0.3) is 5.91 Å². The quantitative estimate of drug-likeness (QED) is 0.808. The predicted octanol–water partition coefficient (Wildman–Crippen LogP) is 2.13. The van der Waals surface area contributed by atoms with E-state index in [1.165, 1.54) is 0 Å². The number of thiol groups is 1. The summed E-state index contributed by atoms with van der Waals surface area (Å²) in [6.07, 6.45) is 2.06. The first-order chi connectivity index (χ1) is 8.27. The average Bonchev–Trinajstić information content (AvgIpc) is 2.38. The Morgan fingerprint density at radius 1 is 1.35 bits per heavy atom. The molecule has 4 heteroatoms. The summed E-state index contributed by atoms with van der Waals surface area (Å²) in [7, 11) is 0. The molecular formula is C13H17NO2S. The van der Waals surface area contributed by atoms with Crippen LogP contribution in [-0.4, -0.2) is 25.7 Å². The molecule has 1 aromatic rings. The average molecular weight is 251 g/mol. The van der Waals surface area contributed by atoms with E-state index in [1.54, 1.807) is 6.07 Å². The molecule has 1 amide bonds. The summed E-state index contributed by atoms with van der Waals surface area (Å²) in [4.78, 5) is 12.6. The highest BCUT2D eigenvalue weighted by Gasteiger charge is 2.15. The maximum absolute atomic E-state index is 11.9. The van der Waals surface area contributed by atoms with Crippen molar-refractivity contribution in [2.75, 3.05) is 19.8 Å². The SMILES string of the molecule is O=C(NCC1CCOCC1)c1ccccc1S. The van der Waals surface area contributed by atoms with Crippen LogP contribution in [0.15, 0.2) is 29.2 Å². The third kappa shape index (κ3) is 3.48. The smallest absolute Gasteiger partial charge is 0.252 e. The molecule has 1 heterocycles. The first-order valence-corrected chi connectivity index (χ1v) is 6.36. The van der Waals surface area contributed by atoms with Crippen LogP contribution < -0.4 is 5.32 Å². The molecule has 0 atom stereocenters. The summed E-state index contributed by atoms with van der Waals surface area (Å²) >= 11 is 4.28. The number of hydrogen-bond donors (Lipinski definition) is 2. The molecule has 0 radical (unpaired) electrons. The molecule has 92 valence electrons. The van der Waals surface area contributed by atoms with E-state index in [9.17, 15) is 4.79 Å². The summed E-state index contributed by atoms with van der Waals surface area (Å²) in [6.45, 7) is 2.34. The van der Waals surface area contributed by atoms with Gasteiger partial charge in [-0.25, -0.2) is 0 Å². The van der Waals surface area contributed by atoms with Crippen molar-refractivity contribution in [3.05, 3.63) is 29.8 Å². The first kappa shape index (κ1) is 12.5. The second-order valence-corrected chi connectivity index (χ2v) is 4.76. The van der Waals surface area contributed by atoms with E-state index < -0.39 is 0 Å². The van der Waals surface area contributed by atoms with Gasteiger partial charge in [0.15, 0.2) is 0 Å². The Morgan fingerprint density at radius 3 is 2.76 bits per heavy atom. The van der Waals surface area contributed by atoms with Gasteiger partial charge in [0.05, 0.1) is 5.56 Å². The van der Waals surface area contributed by atoms with Gasteiger partial charge in [0.1, 0.15) is 0 Å². The van der Waals surface area contributed by atoms with Crippen LogP contribution in [0, 0.1) is 5.92 Å². The van der Waals surface area contributed by atoms with Gasteiger partial charge < -0.3 is 10.1 Å². The normalized spacial score (nSPS) is 16.8. The van der Waals surface area contributed by atoms with Crippen LogP contribution in [0.5, 0.6) is 0 Å². The fourth-order valence-electron chi connectivity index (χ4n) is 1.95. The molecule has 0 bridgehead atoms. The number of hydrogen-bond acceptors (Lipinski definition) is 3. The Bertz CT molecular complexity index is 389. The number of carbonyl (C=O) groups excluding carboxylic acids is 1. The number of ether oxygens (including phenoxy) is 1. The lowest BCUT2D eigenvalue weighted by molar-refractivity contribution is 0.0642. The second kappa shape index (κ2) is 6.07. The molecular weight excluding hydrogens is 234 g/mol. The minimum atomic E-state index is -0.0397. The van der Waals surface area contributed by atoms with E-state index in [0.717, 1.165) is 37.5 Å². The van der Waals surface area contributed by atoms with Crippen molar-refractivity contribution in [1.29, 1.82) is 0 Å². The van der Waals surface area contributed by atoms with Crippen LogP contribution >= 0.6 is 12.6 Å². The van der Waals surface area contributed by atoms with Crippen molar-refractivity contribution in [3.8, 4) is 0 Å². The van der Waals surface area contributed by atoms with E-state index >= 15 is 0 Å². The van der Waals surface area contributed by atoms with Crippen LogP contribution in [0.1, 0.15) is 23.2 Å². The van der Waals surface area contributed by atoms with E-state index in [1.807, 2.05) is 18.2 Å². The van der Waals surface area contributed by atoms with Gasteiger partial charge in [-0.3, -0.25) is 4.79 Å². The molecule has 2 rings (SSSR count). The highest BCUT2D eigenvalue weighted by molar-refractivity contribution is 7.80. The number of carbonyl (C=O) groups is 1. The van der Waals surface area contributed by atoms with Gasteiger partial charge in [-0.1, -0.05) is 12.1 Å². The summed E-state index contributed by atoms with van der Waals surface area (Å²) in [6, 6.07) is 7.34. The van der Waals surface area contributed by atoms with Gasteiger partial charge in [-0.05, 0) is 30.9 Å². The summed E-state index contributed by atoms with van der Waals surface area (Å²) < 4.78 is 5.29. The lowest BCUT2D eigenvalue weighted by Crippen LogP contribution is -2.32. The van der Waals surface area contributed by atoms with Crippen molar-refractivity contribution in [3.63, 3.8) is 0 Å². The fourth-order valence-corrected chi connectivity index (χ4v) is 2.21. The van der Waals surface area contributed by atoms with Crippen LogP contribution in [-0.2, 0) is 4.74 Å². The predicted molar refractivity (Wildman–Crippen MR) is 69.6 cm³/mol. The highest BCUT2D eigenvalue weighted by Crippen LogP contribution is 2.15. The lowest BCUT2D eigenvalue weighted by Gasteiger charge is -2.22. The second-order valence-electron chi connectivity index (χ2n) is 4.28. The molecule has 3 nitrogen and oxygen atoms in total. The fraction of sp³-hybridized carbons (Fsp3) is 0.462. The molecule has 1 aliphatic rings. The Hall–Kier alpha value is -1.00. The van der Waals surface area contributed by atoms with Crippen molar-refractivity contribution in [2.45, 2.75) is 17.7 Å². The van der Waals surface area contributed by atoms with Gasteiger partial charge in [0, 0.05) is 24.7 Å². The van der Waals surface area contributed by atoms with Crippen molar-refractivity contribution < 1.29 is 9.53 Å². The zero-order valence-electron chi connectivity index (χ0n) is 9.69. The molecule has 0 unspecified atom stereocenters. The number of benzene rings is 1. The van der Waals surface area contributed by atoms with Crippen molar-refractivity contribution in [2.24, 2.45) is 5.92 Å². The molecule has 1 aliphatic heterocycles. The maximum atomic E-state index is 11.9. The first-order valence-electron chi connectivity index (χ1n) is 5.91. The largest absolute Gasteiger partial charge is 0.381 e. The zero-order valence-corrected chi connectivity index (χ0v) is 10.6. The monoisotopic (exact) mass is 251 g/mol. The molecule has 0 spiro atoms. The molecule has 1 saturated heterocycles.